The lowest BCUT2D eigenvalue weighted by atomic mass is 10.2. The zero-order valence-corrected chi connectivity index (χ0v) is 16.3. The fourth-order valence-corrected chi connectivity index (χ4v) is 3.66. The van der Waals surface area contributed by atoms with Crippen LogP contribution in [0.15, 0.2) is 59.9 Å². The van der Waals surface area contributed by atoms with Crippen molar-refractivity contribution in [3.63, 3.8) is 0 Å². The van der Waals surface area contributed by atoms with Crippen LogP contribution in [0.1, 0.15) is 5.56 Å². The molecule has 4 aromatic rings. The largest absolute Gasteiger partial charge is 0.493 e. The molecular formula is C21H16FN3O3S. The number of ether oxygens (including phenoxy) is 2. The van der Waals surface area contributed by atoms with Crippen LogP contribution in [0.3, 0.4) is 0 Å². The lowest BCUT2D eigenvalue weighted by Gasteiger charge is -2.09. The molecule has 0 aliphatic carbocycles. The molecule has 0 atom stereocenters. The van der Waals surface area contributed by atoms with Crippen LogP contribution in [0.2, 0.25) is 0 Å². The van der Waals surface area contributed by atoms with Gasteiger partial charge in [-0.15, -0.1) is 5.10 Å². The molecule has 146 valence electrons. The standard InChI is InChI=1S/C21H16FN3O3S/c1-3-10-28-16-9-4-13(11-17(16)27-2)12-18-20(26)25-21(29-18)23-19(24-25)14-5-7-15(22)8-6-14/h3-9,11-12H,1,10H2,2H3/b18-12+. The Bertz CT molecular complexity index is 1300. The van der Waals surface area contributed by atoms with Crippen molar-refractivity contribution in [1.29, 1.82) is 0 Å². The van der Waals surface area contributed by atoms with E-state index in [1.807, 2.05) is 6.07 Å². The molecule has 0 N–H and O–H groups in total. The second kappa shape index (κ2) is 7.84. The van der Waals surface area contributed by atoms with Crippen LogP contribution in [0, 0.1) is 5.82 Å². The summed E-state index contributed by atoms with van der Waals surface area (Å²) in [5.74, 6) is 1.20. The maximum Gasteiger partial charge on any atom is 0.291 e. The van der Waals surface area contributed by atoms with E-state index in [2.05, 4.69) is 16.7 Å². The monoisotopic (exact) mass is 409 g/mol. The third-order valence-electron chi connectivity index (χ3n) is 4.13. The van der Waals surface area contributed by atoms with E-state index in [9.17, 15) is 9.18 Å². The van der Waals surface area contributed by atoms with E-state index >= 15 is 0 Å². The Morgan fingerprint density at radius 1 is 1.21 bits per heavy atom. The molecule has 0 aliphatic heterocycles. The number of nitrogens with zero attached hydrogens (tertiary/aromatic N) is 3. The molecule has 0 radical (unpaired) electrons. The molecule has 2 aromatic carbocycles. The summed E-state index contributed by atoms with van der Waals surface area (Å²) in [4.78, 5) is 17.6. The highest BCUT2D eigenvalue weighted by Crippen LogP contribution is 2.28. The first-order valence-corrected chi connectivity index (χ1v) is 9.49. The van der Waals surface area contributed by atoms with Gasteiger partial charge < -0.3 is 9.47 Å². The van der Waals surface area contributed by atoms with Crippen molar-refractivity contribution in [3.05, 3.63) is 81.4 Å². The summed E-state index contributed by atoms with van der Waals surface area (Å²) in [7, 11) is 1.55. The number of halogens is 1. The Morgan fingerprint density at radius 3 is 2.69 bits per heavy atom. The number of benzene rings is 2. The van der Waals surface area contributed by atoms with Crippen LogP contribution in [-0.4, -0.2) is 28.3 Å². The molecular weight excluding hydrogens is 393 g/mol. The van der Waals surface area contributed by atoms with Crippen molar-refractivity contribution >= 4 is 22.4 Å². The predicted octanol–water partition coefficient (Wildman–Crippen LogP) is 3.08. The van der Waals surface area contributed by atoms with Crippen LogP contribution in [-0.2, 0) is 0 Å². The molecule has 29 heavy (non-hydrogen) atoms. The first kappa shape index (κ1) is 18.8. The topological polar surface area (TPSA) is 65.7 Å². The Labute approximate surface area is 169 Å². The quantitative estimate of drug-likeness (QED) is 0.458. The van der Waals surface area contributed by atoms with Crippen molar-refractivity contribution in [3.8, 4) is 22.9 Å². The van der Waals surface area contributed by atoms with Gasteiger partial charge in [-0.05, 0) is 48.0 Å². The highest BCUT2D eigenvalue weighted by atomic mass is 32.1. The van der Waals surface area contributed by atoms with Crippen molar-refractivity contribution in [2.45, 2.75) is 0 Å². The van der Waals surface area contributed by atoms with Gasteiger partial charge in [0.25, 0.3) is 5.56 Å². The average Bonchev–Trinajstić information content (AvgIpc) is 3.27. The summed E-state index contributed by atoms with van der Waals surface area (Å²) in [5, 5.41) is 4.26. The normalized spacial score (nSPS) is 11.7. The summed E-state index contributed by atoms with van der Waals surface area (Å²) in [6.07, 6.45) is 3.40. The lowest BCUT2D eigenvalue weighted by Crippen LogP contribution is -2.23. The van der Waals surface area contributed by atoms with Gasteiger partial charge in [0.2, 0.25) is 4.96 Å². The van der Waals surface area contributed by atoms with E-state index in [-0.39, 0.29) is 11.4 Å². The summed E-state index contributed by atoms with van der Waals surface area (Å²) in [5.41, 5.74) is 1.16. The molecule has 0 fully saturated rings. The number of methoxy groups -OCH3 is 1. The number of thiazole rings is 1. The van der Waals surface area contributed by atoms with E-state index in [0.717, 1.165) is 5.56 Å². The van der Waals surface area contributed by atoms with Gasteiger partial charge in [-0.2, -0.15) is 9.50 Å². The molecule has 0 spiro atoms. The highest BCUT2D eigenvalue weighted by molar-refractivity contribution is 7.15. The van der Waals surface area contributed by atoms with Gasteiger partial charge in [-0.3, -0.25) is 4.79 Å². The summed E-state index contributed by atoms with van der Waals surface area (Å²) < 4.78 is 25.7. The van der Waals surface area contributed by atoms with Gasteiger partial charge in [0.1, 0.15) is 12.4 Å². The van der Waals surface area contributed by atoms with Gasteiger partial charge >= 0.3 is 0 Å². The maximum atomic E-state index is 13.1. The van der Waals surface area contributed by atoms with Crippen molar-refractivity contribution in [1.82, 2.24) is 14.6 Å². The summed E-state index contributed by atoms with van der Waals surface area (Å²) in [6, 6.07) is 11.2. The number of hydrogen-bond acceptors (Lipinski definition) is 6. The second-order valence-electron chi connectivity index (χ2n) is 6.06. The van der Waals surface area contributed by atoms with E-state index in [1.54, 1.807) is 43.5 Å². The van der Waals surface area contributed by atoms with Crippen molar-refractivity contribution in [2.24, 2.45) is 0 Å². The maximum absolute atomic E-state index is 13.1. The molecule has 8 heteroatoms. The number of rotatable bonds is 6. The third-order valence-corrected chi connectivity index (χ3v) is 5.09. The van der Waals surface area contributed by atoms with Crippen LogP contribution < -0.4 is 19.6 Å². The Morgan fingerprint density at radius 2 is 2.00 bits per heavy atom. The zero-order chi connectivity index (χ0) is 20.4. The average molecular weight is 409 g/mol. The molecule has 2 heterocycles. The second-order valence-corrected chi connectivity index (χ2v) is 7.07. The molecule has 0 saturated heterocycles. The van der Waals surface area contributed by atoms with Crippen LogP contribution in [0.5, 0.6) is 11.5 Å². The minimum Gasteiger partial charge on any atom is -0.493 e. The molecule has 0 unspecified atom stereocenters. The van der Waals surface area contributed by atoms with E-state index in [0.29, 0.717) is 39.0 Å². The minimum atomic E-state index is -0.340. The van der Waals surface area contributed by atoms with Crippen molar-refractivity contribution < 1.29 is 13.9 Å². The molecule has 0 bridgehead atoms. The van der Waals surface area contributed by atoms with Gasteiger partial charge in [-0.1, -0.05) is 30.1 Å². The number of hydrogen-bond donors (Lipinski definition) is 0. The SMILES string of the molecule is C=CCOc1ccc(/C=c2/sc3nc(-c4ccc(F)cc4)nn3c2=O)cc1OC. The molecule has 6 nitrogen and oxygen atoms in total. The molecule has 2 aromatic heterocycles. The highest BCUT2D eigenvalue weighted by Gasteiger charge is 2.12. The van der Waals surface area contributed by atoms with Gasteiger partial charge in [0.05, 0.1) is 11.6 Å². The number of aromatic nitrogens is 3. The third kappa shape index (κ3) is 3.74. The van der Waals surface area contributed by atoms with Gasteiger partial charge in [-0.25, -0.2) is 4.39 Å². The number of fused-ring (bicyclic) bond motifs is 1. The van der Waals surface area contributed by atoms with Crippen LogP contribution in [0.4, 0.5) is 4.39 Å². The van der Waals surface area contributed by atoms with Crippen molar-refractivity contribution in [2.75, 3.05) is 13.7 Å². The summed E-state index contributed by atoms with van der Waals surface area (Å²) >= 11 is 1.23. The Balaban J connectivity index is 1.71. The smallest absolute Gasteiger partial charge is 0.291 e. The van der Waals surface area contributed by atoms with Crippen LogP contribution in [0.25, 0.3) is 22.4 Å². The molecule has 0 aliphatic rings. The Hall–Kier alpha value is -3.52. The lowest BCUT2D eigenvalue weighted by molar-refractivity contribution is 0.326. The predicted molar refractivity (Wildman–Crippen MR) is 110 cm³/mol. The fourth-order valence-electron chi connectivity index (χ4n) is 2.75. The van der Waals surface area contributed by atoms with E-state index in [1.165, 1.54) is 28.0 Å². The van der Waals surface area contributed by atoms with Gasteiger partial charge in [0.15, 0.2) is 17.3 Å². The first-order valence-electron chi connectivity index (χ1n) is 8.68. The Kier molecular flexibility index (Phi) is 5.09. The molecule has 4 rings (SSSR count). The zero-order valence-electron chi connectivity index (χ0n) is 15.5. The van der Waals surface area contributed by atoms with Gasteiger partial charge in [0, 0.05) is 5.56 Å². The van der Waals surface area contributed by atoms with E-state index in [4.69, 9.17) is 9.47 Å². The molecule has 0 amide bonds. The molecule has 0 saturated carbocycles. The fraction of sp³-hybridized carbons (Fsp3) is 0.0952. The summed E-state index contributed by atoms with van der Waals surface area (Å²) in [6.45, 7) is 3.99. The first-order chi connectivity index (χ1) is 14.1. The van der Waals surface area contributed by atoms with E-state index < -0.39 is 0 Å². The minimum absolute atomic E-state index is 0.267. The van der Waals surface area contributed by atoms with Crippen LogP contribution >= 0.6 is 11.3 Å².